The number of carbonyl (C=O) groups is 4. The molecule has 1 saturated carbocycles. The molecule has 14 heteroatoms. The molecule has 4 fully saturated rings. The summed E-state index contributed by atoms with van der Waals surface area (Å²) >= 11 is 0. The molecule has 3 saturated heterocycles. The number of aliphatic hydroxyl groups excluding tert-OH is 1. The zero-order valence-electron chi connectivity index (χ0n) is 29.8. The smallest absolute Gasteiger partial charge is 0.198 e. The normalized spacial score (nSPS) is 42.2. The number of rotatable bonds is 6. The van der Waals surface area contributed by atoms with Crippen molar-refractivity contribution in [3.8, 4) is 5.75 Å². The number of phenolic OH excluding ortho intramolecular Hbond substituents is 1. The van der Waals surface area contributed by atoms with E-state index in [1.807, 2.05) is 6.92 Å². The molecule has 52 heavy (non-hydrogen) atoms. The molecule has 1 aromatic carbocycles. The number of aliphatic hydroxyl groups is 3. The Balaban J connectivity index is 1.08. The van der Waals surface area contributed by atoms with Crippen LogP contribution in [0.5, 0.6) is 5.75 Å². The van der Waals surface area contributed by atoms with Gasteiger partial charge in [0.2, 0.25) is 0 Å². The van der Waals surface area contributed by atoms with Gasteiger partial charge >= 0.3 is 0 Å². The van der Waals surface area contributed by atoms with Crippen LogP contribution < -0.4 is 0 Å². The molecule has 0 bridgehead atoms. The van der Waals surface area contributed by atoms with Gasteiger partial charge in [-0.1, -0.05) is 12.1 Å². The van der Waals surface area contributed by atoms with Crippen LogP contribution in [0.25, 0.3) is 0 Å². The van der Waals surface area contributed by atoms with E-state index in [1.54, 1.807) is 20.8 Å². The highest BCUT2D eigenvalue weighted by molar-refractivity contribution is 6.32. The largest absolute Gasteiger partial charge is 0.507 e. The molecule has 1 aromatic rings. The van der Waals surface area contributed by atoms with Crippen molar-refractivity contribution in [1.29, 1.82) is 0 Å². The molecular weight excluding hydrogens is 680 g/mol. The number of ketones is 4. The second-order valence-corrected chi connectivity index (χ2v) is 15.3. The van der Waals surface area contributed by atoms with E-state index < -0.39 is 101 Å². The highest BCUT2D eigenvalue weighted by Crippen LogP contribution is 2.53. The molecule has 1 unspecified atom stereocenters. The number of fused-ring (bicyclic) bond motifs is 3. The number of methoxy groups -OCH3 is 1. The number of phenols is 1. The van der Waals surface area contributed by atoms with Crippen molar-refractivity contribution in [2.24, 2.45) is 0 Å². The van der Waals surface area contributed by atoms with Crippen molar-refractivity contribution in [1.82, 2.24) is 0 Å². The first-order valence-corrected chi connectivity index (χ1v) is 17.9. The van der Waals surface area contributed by atoms with Gasteiger partial charge in [-0.25, -0.2) is 0 Å². The van der Waals surface area contributed by atoms with Gasteiger partial charge in [0.05, 0.1) is 47.3 Å². The second kappa shape index (κ2) is 13.3. The number of carbonyl (C=O) groups excluding carboxylic acids is 4. The third-order valence-electron chi connectivity index (χ3n) is 11.6. The summed E-state index contributed by atoms with van der Waals surface area (Å²) in [5, 5.41) is 46.1. The van der Waals surface area contributed by atoms with Gasteiger partial charge in [-0.2, -0.15) is 0 Å². The van der Waals surface area contributed by atoms with E-state index in [9.17, 15) is 39.6 Å². The van der Waals surface area contributed by atoms with Gasteiger partial charge in [-0.15, -0.1) is 0 Å². The van der Waals surface area contributed by atoms with Crippen LogP contribution >= 0.6 is 0 Å². The molecule has 6 aliphatic rings. The van der Waals surface area contributed by atoms with Crippen molar-refractivity contribution in [2.75, 3.05) is 7.11 Å². The van der Waals surface area contributed by atoms with Gasteiger partial charge in [0.25, 0.3) is 0 Å². The standard InChI is InChI=1S/C38H46O14/c1-17-23(39)8-10-28(49-17)51-25-9-11-29(50-18(25)2)52-36(4)15-27(41)38(46)31-22(12-13-37(38,45)16-36)33(43)30-21(34(31)44)7-6-20(32(30)42)26-14-24(40)35(47-5)19(3)48-26/h6-7,12-13,17-19,24-26,28-29,35,40,42,45-46H,8-11,14-16H2,1-5H3/t17-,18-,19+,24+,25-,26?,28-,29-,35+,36-,37-,38-/m0/s1. The lowest BCUT2D eigenvalue weighted by atomic mass is 9.57. The maximum Gasteiger partial charge on any atom is 0.198 e. The molecule has 3 aliphatic heterocycles. The summed E-state index contributed by atoms with van der Waals surface area (Å²) < 4.78 is 35.6. The summed E-state index contributed by atoms with van der Waals surface area (Å²) in [5.74, 6) is -3.09. The van der Waals surface area contributed by atoms with Crippen LogP contribution in [-0.4, -0.2) is 117 Å². The molecule has 0 amide bonds. The lowest BCUT2D eigenvalue weighted by Crippen LogP contribution is -2.69. The maximum absolute atomic E-state index is 14.1. The zero-order valence-corrected chi connectivity index (χ0v) is 29.8. The number of Topliss-reactive ketones (excluding diaryl/α,β-unsaturated/α-hetero) is 4. The second-order valence-electron chi connectivity index (χ2n) is 15.3. The molecular formula is C38H46O14. The Morgan fingerprint density at radius 3 is 2.35 bits per heavy atom. The van der Waals surface area contributed by atoms with Gasteiger partial charge in [0.1, 0.15) is 23.6 Å². The Morgan fingerprint density at radius 1 is 0.923 bits per heavy atom. The molecule has 282 valence electrons. The minimum Gasteiger partial charge on any atom is -0.507 e. The third kappa shape index (κ3) is 5.92. The lowest BCUT2D eigenvalue weighted by Gasteiger charge is -2.53. The minimum absolute atomic E-state index is 0.0338. The average molecular weight is 727 g/mol. The van der Waals surface area contributed by atoms with Gasteiger partial charge in [-0.05, 0) is 46.3 Å². The fourth-order valence-corrected chi connectivity index (χ4v) is 8.87. The summed E-state index contributed by atoms with van der Waals surface area (Å²) in [5.41, 5.74) is -7.69. The Bertz CT molecular complexity index is 1740. The van der Waals surface area contributed by atoms with Gasteiger partial charge in [0, 0.05) is 62.3 Å². The lowest BCUT2D eigenvalue weighted by molar-refractivity contribution is -0.296. The minimum atomic E-state index is -2.78. The van der Waals surface area contributed by atoms with Crippen LogP contribution in [0, 0.1) is 0 Å². The van der Waals surface area contributed by atoms with E-state index in [4.69, 9.17) is 28.4 Å². The SMILES string of the molecule is CO[C@H]1[C@H](O)CC(c2ccc3c(c2O)C(=O)C2=C(C3=O)[C@@]3(O)C(=O)C[C@](C)(O[C@H]4CC[C@H](O[C@H]5CCC(=O)[C@H](C)O5)[C@H](C)O4)C[C@@]3(O)C=C2)O[C@@H]1C. The Labute approximate surface area is 300 Å². The van der Waals surface area contributed by atoms with Crippen LogP contribution in [0.1, 0.15) is 105 Å². The molecule has 3 aliphatic carbocycles. The fraction of sp³-hybridized carbons (Fsp3) is 0.632. The Hall–Kier alpha value is -3.18. The molecule has 0 aromatic heterocycles. The predicted octanol–water partition coefficient (Wildman–Crippen LogP) is 2.47. The van der Waals surface area contributed by atoms with E-state index >= 15 is 0 Å². The van der Waals surface area contributed by atoms with Gasteiger partial charge < -0.3 is 48.8 Å². The molecule has 0 radical (unpaired) electrons. The quantitative estimate of drug-likeness (QED) is 0.333. The molecule has 7 rings (SSSR count). The van der Waals surface area contributed by atoms with Gasteiger partial charge in [-0.3, -0.25) is 19.2 Å². The maximum atomic E-state index is 14.1. The summed E-state index contributed by atoms with van der Waals surface area (Å²) in [7, 11) is 1.45. The van der Waals surface area contributed by atoms with Crippen LogP contribution in [-0.2, 0) is 38.0 Å². The monoisotopic (exact) mass is 726 g/mol. The van der Waals surface area contributed by atoms with E-state index in [1.165, 1.54) is 25.3 Å². The topological polar surface area (TPSA) is 205 Å². The average Bonchev–Trinajstić information content (AvgIpc) is 3.06. The first-order chi connectivity index (χ1) is 24.5. The molecule has 12 atom stereocenters. The Kier molecular flexibility index (Phi) is 9.49. The first kappa shape index (κ1) is 37.1. The molecule has 3 heterocycles. The van der Waals surface area contributed by atoms with Crippen molar-refractivity contribution in [3.05, 3.63) is 52.1 Å². The summed E-state index contributed by atoms with van der Waals surface area (Å²) in [6.07, 6.45) is -2.03. The van der Waals surface area contributed by atoms with Crippen molar-refractivity contribution in [3.63, 3.8) is 0 Å². The fourth-order valence-electron chi connectivity index (χ4n) is 8.87. The summed E-state index contributed by atoms with van der Waals surface area (Å²) in [6, 6.07) is 2.73. The number of aromatic hydroxyl groups is 1. The Morgan fingerprint density at radius 2 is 1.67 bits per heavy atom. The first-order valence-electron chi connectivity index (χ1n) is 17.9. The number of ether oxygens (including phenoxy) is 6. The van der Waals surface area contributed by atoms with Crippen LogP contribution in [0.15, 0.2) is 35.4 Å². The predicted molar refractivity (Wildman–Crippen MR) is 178 cm³/mol. The van der Waals surface area contributed by atoms with Crippen LogP contribution in [0.2, 0.25) is 0 Å². The van der Waals surface area contributed by atoms with Crippen LogP contribution in [0.3, 0.4) is 0 Å². The highest BCUT2D eigenvalue weighted by atomic mass is 16.7. The third-order valence-corrected chi connectivity index (χ3v) is 11.6. The number of benzene rings is 1. The molecule has 0 spiro atoms. The van der Waals surface area contributed by atoms with Crippen molar-refractivity contribution >= 4 is 23.1 Å². The summed E-state index contributed by atoms with van der Waals surface area (Å²) in [4.78, 5) is 54.0. The van der Waals surface area contributed by atoms with E-state index in [0.29, 0.717) is 25.7 Å². The van der Waals surface area contributed by atoms with E-state index in [0.717, 1.165) is 6.08 Å². The van der Waals surface area contributed by atoms with Crippen LogP contribution in [0.4, 0.5) is 0 Å². The summed E-state index contributed by atoms with van der Waals surface area (Å²) in [6.45, 7) is 6.85. The zero-order chi connectivity index (χ0) is 37.5. The number of hydrogen-bond acceptors (Lipinski definition) is 14. The van der Waals surface area contributed by atoms with Crippen molar-refractivity contribution < 1.29 is 68.0 Å². The van der Waals surface area contributed by atoms with E-state index in [-0.39, 0.29) is 47.0 Å². The van der Waals surface area contributed by atoms with Gasteiger partial charge in [0.15, 0.2) is 41.3 Å². The molecule has 4 N–H and O–H groups in total. The molecule has 14 nitrogen and oxygen atoms in total. The number of allylic oxidation sites excluding steroid dienone is 2. The van der Waals surface area contributed by atoms with E-state index in [2.05, 4.69) is 0 Å². The highest BCUT2D eigenvalue weighted by Gasteiger charge is 2.67. The van der Waals surface area contributed by atoms with Crippen molar-refractivity contribution in [2.45, 2.75) is 145 Å². The number of hydrogen-bond donors (Lipinski definition) is 4.